The van der Waals surface area contributed by atoms with Crippen molar-refractivity contribution in [2.24, 2.45) is 0 Å². The van der Waals surface area contributed by atoms with Crippen LogP contribution >= 0.6 is 0 Å². The summed E-state index contributed by atoms with van der Waals surface area (Å²) in [6.07, 6.45) is -0.0833. The summed E-state index contributed by atoms with van der Waals surface area (Å²) in [5.41, 5.74) is 0. The fourth-order valence-electron chi connectivity index (χ4n) is 0. The smallest absolute Gasteiger partial charge is 0.450 e. The van der Waals surface area contributed by atoms with Gasteiger partial charge in [-0.15, -0.1) is 6.58 Å². The molecule has 0 unspecified atom stereocenters. The van der Waals surface area contributed by atoms with E-state index in [4.69, 9.17) is 15.0 Å². The molecular formula is C5H11FO3. The average Bonchev–Trinajstić information content (AvgIpc) is 1.71. The van der Waals surface area contributed by atoms with E-state index in [-0.39, 0.29) is 0 Å². The minimum absolute atomic E-state index is 0.500. The molecule has 0 aliphatic rings. The maximum absolute atomic E-state index is 9.50. The number of carbonyl (C=O) groups is 1. The lowest BCUT2D eigenvalue weighted by molar-refractivity contribution is 0.137. The molecule has 0 radical (unpaired) electrons. The third-order valence-corrected chi connectivity index (χ3v) is 0. The second-order valence-corrected chi connectivity index (χ2v) is 0.691. The Balaban J connectivity index is -0.0000000646. The minimum atomic E-state index is -1.83. The number of allylic oxidation sites excluding steroid dienone is 1. The van der Waals surface area contributed by atoms with Gasteiger partial charge in [0.1, 0.15) is 0 Å². The molecule has 0 spiro atoms. The number of rotatable bonds is 0. The predicted octanol–water partition coefficient (Wildman–Crippen LogP) is 2.00. The summed E-state index contributed by atoms with van der Waals surface area (Å²) in [7, 11) is 0.500. The summed E-state index contributed by atoms with van der Waals surface area (Å²) in [6.45, 7) is 5.25. The molecule has 0 aromatic rings. The Bertz CT molecular complexity index is 59.2. The summed E-state index contributed by atoms with van der Waals surface area (Å²) < 4.78 is 9.50. The first kappa shape index (κ1) is 15.7. The molecule has 3 nitrogen and oxygen atoms in total. The topological polar surface area (TPSA) is 57.5 Å². The zero-order chi connectivity index (χ0) is 8.28. The van der Waals surface area contributed by atoms with Gasteiger partial charge in [-0.05, 0) is 6.92 Å². The molecule has 0 heterocycles. The van der Waals surface area contributed by atoms with Gasteiger partial charge >= 0.3 is 6.16 Å². The molecule has 0 bridgehead atoms. The molecule has 0 atom stereocenters. The molecule has 0 aliphatic carbocycles. The van der Waals surface area contributed by atoms with E-state index in [1.54, 1.807) is 6.08 Å². The molecule has 0 fully saturated rings. The van der Waals surface area contributed by atoms with Crippen molar-refractivity contribution >= 4 is 6.16 Å². The lowest BCUT2D eigenvalue weighted by Gasteiger charge is -1.60. The highest BCUT2D eigenvalue weighted by molar-refractivity contribution is 5.53. The van der Waals surface area contributed by atoms with Crippen LogP contribution in [0.25, 0.3) is 0 Å². The summed E-state index contributed by atoms with van der Waals surface area (Å²) in [4.78, 5) is 8.56. The van der Waals surface area contributed by atoms with Crippen molar-refractivity contribution in [2.75, 3.05) is 7.18 Å². The maximum Gasteiger partial charge on any atom is 0.503 e. The van der Waals surface area contributed by atoms with E-state index in [0.29, 0.717) is 7.18 Å². The summed E-state index contributed by atoms with van der Waals surface area (Å²) in [5, 5.41) is 13.9. The largest absolute Gasteiger partial charge is 0.503 e. The summed E-state index contributed by atoms with van der Waals surface area (Å²) in [5.74, 6) is 0. The molecule has 0 saturated heterocycles. The van der Waals surface area contributed by atoms with Gasteiger partial charge in [0.25, 0.3) is 0 Å². The van der Waals surface area contributed by atoms with Crippen LogP contribution in [0.2, 0.25) is 0 Å². The van der Waals surface area contributed by atoms with Crippen molar-refractivity contribution in [2.45, 2.75) is 6.92 Å². The van der Waals surface area contributed by atoms with Crippen LogP contribution in [-0.2, 0) is 0 Å². The third-order valence-electron chi connectivity index (χ3n) is 0. The van der Waals surface area contributed by atoms with Gasteiger partial charge in [0, 0.05) is 0 Å². The van der Waals surface area contributed by atoms with E-state index >= 15 is 0 Å². The number of halogens is 1. The highest BCUT2D eigenvalue weighted by Crippen LogP contribution is 1.42. The monoisotopic (exact) mass is 138 g/mol. The van der Waals surface area contributed by atoms with Crippen LogP contribution in [0.4, 0.5) is 9.18 Å². The number of alkyl halides is 1. The fourth-order valence-corrected chi connectivity index (χ4v) is 0. The zero-order valence-electron chi connectivity index (χ0n) is 5.47. The van der Waals surface area contributed by atoms with Gasteiger partial charge in [-0.25, -0.2) is 4.79 Å². The Morgan fingerprint density at radius 3 is 1.56 bits per heavy atom. The van der Waals surface area contributed by atoms with Crippen LogP contribution < -0.4 is 0 Å². The molecule has 0 aromatic heterocycles. The first-order chi connectivity index (χ1) is 4.15. The van der Waals surface area contributed by atoms with Crippen molar-refractivity contribution in [3.63, 3.8) is 0 Å². The van der Waals surface area contributed by atoms with E-state index in [2.05, 4.69) is 6.58 Å². The average molecular weight is 138 g/mol. The first-order valence-electron chi connectivity index (χ1n) is 2.01. The lowest BCUT2D eigenvalue weighted by atomic mass is 10.8. The Hall–Kier alpha value is -1.06. The van der Waals surface area contributed by atoms with Crippen molar-refractivity contribution in [3.8, 4) is 0 Å². The van der Waals surface area contributed by atoms with Crippen LogP contribution in [0.3, 0.4) is 0 Å². The minimum Gasteiger partial charge on any atom is -0.450 e. The molecule has 56 valence electrons. The summed E-state index contributed by atoms with van der Waals surface area (Å²) >= 11 is 0. The fraction of sp³-hybridized carbons (Fsp3) is 0.400. The molecule has 2 N–H and O–H groups in total. The molecule has 4 heteroatoms. The van der Waals surface area contributed by atoms with Gasteiger partial charge in [-0.3, -0.25) is 4.39 Å². The molecule has 0 saturated carbocycles. The van der Waals surface area contributed by atoms with Crippen molar-refractivity contribution in [1.29, 1.82) is 0 Å². The number of hydrogen-bond acceptors (Lipinski definition) is 1. The summed E-state index contributed by atoms with van der Waals surface area (Å²) in [6, 6.07) is 0. The van der Waals surface area contributed by atoms with Crippen molar-refractivity contribution in [1.82, 2.24) is 0 Å². The normalized spacial score (nSPS) is 4.78. The molecule has 0 rings (SSSR count). The predicted molar refractivity (Wildman–Crippen MR) is 33.6 cm³/mol. The molecule has 0 aliphatic heterocycles. The van der Waals surface area contributed by atoms with Crippen LogP contribution in [0.15, 0.2) is 12.7 Å². The SMILES string of the molecule is C=CC.CF.O=C(O)O. The Morgan fingerprint density at radius 2 is 1.56 bits per heavy atom. The Morgan fingerprint density at radius 1 is 1.56 bits per heavy atom. The van der Waals surface area contributed by atoms with Crippen LogP contribution in [0.1, 0.15) is 6.92 Å². The van der Waals surface area contributed by atoms with Gasteiger partial charge in [0.05, 0.1) is 7.18 Å². The molecule has 9 heavy (non-hydrogen) atoms. The van der Waals surface area contributed by atoms with E-state index < -0.39 is 6.16 Å². The quantitative estimate of drug-likeness (QED) is 0.503. The Kier molecular flexibility index (Phi) is 49.3. The van der Waals surface area contributed by atoms with Crippen molar-refractivity contribution < 1.29 is 19.4 Å². The Labute approximate surface area is 53.4 Å². The second-order valence-electron chi connectivity index (χ2n) is 0.691. The maximum atomic E-state index is 9.50. The van der Waals surface area contributed by atoms with E-state index in [9.17, 15) is 4.39 Å². The molecular weight excluding hydrogens is 127 g/mol. The van der Waals surface area contributed by atoms with E-state index in [1.165, 1.54) is 0 Å². The highest BCUT2D eigenvalue weighted by Gasteiger charge is 1.70. The standard InChI is InChI=1S/C3H6.CH3F.CH2O3/c1-3-2;1-2;2-1(3)4/h3H,1H2,2H3;1H3;(H2,2,3,4). The van der Waals surface area contributed by atoms with Gasteiger partial charge in [-0.1, -0.05) is 6.08 Å². The first-order valence-corrected chi connectivity index (χ1v) is 2.01. The van der Waals surface area contributed by atoms with E-state index in [1.807, 2.05) is 6.92 Å². The lowest BCUT2D eigenvalue weighted by Crippen LogP contribution is -1.81. The second kappa shape index (κ2) is 28.3. The van der Waals surface area contributed by atoms with Gasteiger partial charge < -0.3 is 10.2 Å². The molecule has 0 aromatic carbocycles. The van der Waals surface area contributed by atoms with Gasteiger partial charge in [0.15, 0.2) is 0 Å². The number of carboxylic acid groups (broad SMARTS) is 2. The van der Waals surface area contributed by atoms with Crippen molar-refractivity contribution in [3.05, 3.63) is 12.7 Å². The zero-order valence-corrected chi connectivity index (χ0v) is 5.47. The molecule has 0 amide bonds. The van der Waals surface area contributed by atoms with Gasteiger partial charge in [0.2, 0.25) is 0 Å². The third kappa shape index (κ3) is 151. The van der Waals surface area contributed by atoms with Crippen LogP contribution in [-0.4, -0.2) is 23.5 Å². The number of hydrogen-bond donors (Lipinski definition) is 2. The van der Waals surface area contributed by atoms with Crippen LogP contribution in [0, 0.1) is 0 Å². The highest BCUT2D eigenvalue weighted by atomic mass is 19.1. The van der Waals surface area contributed by atoms with E-state index in [0.717, 1.165) is 0 Å². The van der Waals surface area contributed by atoms with Crippen LogP contribution in [0.5, 0.6) is 0 Å². The van der Waals surface area contributed by atoms with Gasteiger partial charge in [-0.2, -0.15) is 0 Å².